The molecule has 0 radical (unpaired) electrons. The number of hydrogen-bond donors (Lipinski definition) is 1. The maximum atomic E-state index is 5.86. The van der Waals surface area contributed by atoms with Gasteiger partial charge in [0, 0.05) is 18.2 Å². The molecule has 0 atom stereocenters. The van der Waals surface area contributed by atoms with Crippen LogP contribution >= 0.6 is 0 Å². The van der Waals surface area contributed by atoms with E-state index < -0.39 is 0 Å². The second-order valence-corrected chi connectivity index (χ2v) is 5.16. The molecule has 0 heterocycles. The monoisotopic (exact) mass is 245 g/mol. The van der Waals surface area contributed by atoms with E-state index in [1.165, 1.54) is 24.0 Å². The molecule has 1 aromatic rings. The summed E-state index contributed by atoms with van der Waals surface area (Å²) in [4.78, 5) is 0. The fraction of sp³-hybridized carbons (Fsp3) is 0.500. The molecule has 98 valence electrons. The smallest absolute Gasteiger partial charge is 0.124 e. The first-order valence-electron chi connectivity index (χ1n) is 6.81. The third kappa shape index (κ3) is 3.88. The molecule has 2 heteroatoms. The molecule has 1 aliphatic rings. The van der Waals surface area contributed by atoms with Crippen molar-refractivity contribution in [1.29, 1.82) is 0 Å². The summed E-state index contributed by atoms with van der Waals surface area (Å²) < 4.78 is 5.86. The van der Waals surface area contributed by atoms with Gasteiger partial charge in [-0.25, -0.2) is 0 Å². The lowest BCUT2D eigenvalue weighted by molar-refractivity contribution is 0.344. The summed E-state index contributed by atoms with van der Waals surface area (Å²) in [7, 11) is 0. The second kappa shape index (κ2) is 6.05. The molecule has 0 aliphatic heterocycles. The Hall–Kier alpha value is -1.28. The van der Waals surface area contributed by atoms with Crippen molar-refractivity contribution in [2.75, 3.05) is 6.61 Å². The van der Waals surface area contributed by atoms with Crippen LogP contribution in [-0.2, 0) is 6.54 Å². The first-order valence-corrected chi connectivity index (χ1v) is 6.81. The lowest BCUT2D eigenvalue weighted by Gasteiger charge is -2.13. The third-order valence-corrected chi connectivity index (χ3v) is 3.31. The highest BCUT2D eigenvalue weighted by Crippen LogP contribution is 2.24. The van der Waals surface area contributed by atoms with Gasteiger partial charge in [-0.1, -0.05) is 31.2 Å². The predicted octanol–water partition coefficient (Wildman–Crippen LogP) is 3.59. The van der Waals surface area contributed by atoms with Gasteiger partial charge in [-0.2, -0.15) is 0 Å². The number of nitrogens with one attached hydrogen (secondary N) is 1. The average molecular weight is 245 g/mol. The second-order valence-electron chi connectivity index (χ2n) is 5.16. The van der Waals surface area contributed by atoms with Crippen LogP contribution in [0.1, 0.15) is 37.3 Å². The van der Waals surface area contributed by atoms with Crippen molar-refractivity contribution in [2.24, 2.45) is 0 Å². The summed E-state index contributed by atoms with van der Waals surface area (Å²) in [5, 5.41) is 3.54. The summed E-state index contributed by atoms with van der Waals surface area (Å²) in [6.07, 6.45) is 3.60. The van der Waals surface area contributed by atoms with E-state index >= 15 is 0 Å². The van der Waals surface area contributed by atoms with Crippen molar-refractivity contribution in [3.8, 4) is 5.75 Å². The highest BCUT2D eigenvalue weighted by atomic mass is 16.5. The van der Waals surface area contributed by atoms with E-state index in [-0.39, 0.29) is 0 Å². The zero-order valence-corrected chi connectivity index (χ0v) is 11.5. The fourth-order valence-electron chi connectivity index (χ4n) is 1.81. The molecule has 0 spiro atoms. The van der Waals surface area contributed by atoms with Gasteiger partial charge in [0.2, 0.25) is 0 Å². The molecule has 1 fully saturated rings. The molecule has 18 heavy (non-hydrogen) atoms. The third-order valence-electron chi connectivity index (χ3n) is 3.31. The molecule has 1 N–H and O–H groups in total. The minimum Gasteiger partial charge on any atom is -0.489 e. The van der Waals surface area contributed by atoms with E-state index in [1.807, 2.05) is 0 Å². The molecular weight excluding hydrogens is 222 g/mol. The number of benzene rings is 1. The fourth-order valence-corrected chi connectivity index (χ4v) is 1.81. The van der Waals surface area contributed by atoms with Gasteiger partial charge in [0.15, 0.2) is 0 Å². The van der Waals surface area contributed by atoms with Crippen LogP contribution in [0, 0.1) is 6.92 Å². The molecule has 0 bridgehead atoms. The largest absolute Gasteiger partial charge is 0.489 e. The first-order chi connectivity index (χ1) is 8.69. The van der Waals surface area contributed by atoms with E-state index in [0.717, 1.165) is 30.3 Å². The number of rotatable bonds is 7. The zero-order chi connectivity index (χ0) is 13.0. The van der Waals surface area contributed by atoms with Crippen molar-refractivity contribution < 1.29 is 4.74 Å². The van der Waals surface area contributed by atoms with E-state index in [2.05, 4.69) is 43.9 Å². The van der Waals surface area contributed by atoms with Crippen LogP contribution in [-0.4, -0.2) is 12.6 Å². The number of aryl methyl sites for hydroxylation is 1. The van der Waals surface area contributed by atoms with Crippen LogP contribution in [0.4, 0.5) is 0 Å². The molecule has 0 aromatic heterocycles. The van der Waals surface area contributed by atoms with Gasteiger partial charge in [0.1, 0.15) is 12.4 Å². The molecule has 1 aliphatic carbocycles. The Balaban J connectivity index is 1.99. The number of hydrogen-bond acceptors (Lipinski definition) is 2. The molecule has 1 saturated carbocycles. The first kappa shape index (κ1) is 13.2. The van der Waals surface area contributed by atoms with E-state index in [1.54, 1.807) is 0 Å². The maximum absolute atomic E-state index is 5.86. The standard InChI is InChI=1S/C16H23NO/c1-4-12(2)11-18-16-8-5-13(3)9-14(16)10-17-15-6-7-15/h5,8-9,15,17H,2,4,6-7,10-11H2,1,3H3. The lowest BCUT2D eigenvalue weighted by atomic mass is 10.1. The van der Waals surface area contributed by atoms with Crippen LogP contribution in [0.15, 0.2) is 30.4 Å². The summed E-state index contributed by atoms with van der Waals surface area (Å²) in [6.45, 7) is 9.73. The Labute approximate surface area is 110 Å². The van der Waals surface area contributed by atoms with Gasteiger partial charge in [0.05, 0.1) is 0 Å². The quantitative estimate of drug-likeness (QED) is 0.741. The van der Waals surface area contributed by atoms with Crippen molar-refractivity contribution in [1.82, 2.24) is 5.32 Å². The van der Waals surface area contributed by atoms with E-state index in [9.17, 15) is 0 Å². The Morgan fingerprint density at radius 2 is 2.22 bits per heavy atom. The van der Waals surface area contributed by atoms with Gasteiger partial charge in [-0.05, 0) is 37.8 Å². The van der Waals surface area contributed by atoms with Crippen molar-refractivity contribution in [3.63, 3.8) is 0 Å². The van der Waals surface area contributed by atoms with Crippen molar-refractivity contribution in [3.05, 3.63) is 41.5 Å². The van der Waals surface area contributed by atoms with Crippen molar-refractivity contribution >= 4 is 0 Å². The van der Waals surface area contributed by atoms with Crippen LogP contribution in [0.25, 0.3) is 0 Å². The van der Waals surface area contributed by atoms with Gasteiger partial charge < -0.3 is 10.1 Å². The summed E-state index contributed by atoms with van der Waals surface area (Å²) >= 11 is 0. The summed E-state index contributed by atoms with van der Waals surface area (Å²) in [5.74, 6) is 0.989. The zero-order valence-electron chi connectivity index (χ0n) is 11.5. The minimum absolute atomic E-state index is 0.621. The van der Waals surface area contributed by atoms with Crippen LogP contribution in [0.3, 0.4) is 0 Å². The topological polar surface area (TPSA) is 21.3 Å². The molecule has 0 amide bonds. The maximum Gasteiger partial charge on any atom is 0.124 e. The Morgan fingerprint density at radius 1 is 1.44 bits per heavy atom. The number of ether oxygens (including phenoxy) is 1. The molecule has 0 saturated heterocycles. The molecule has 2 nitrogen and oxygen atoms in total. The van der Waals surface area contributed by atoms with Gasteiger partial charge in [0.25, 0.3) is 0 Å². The highest BCUT2D eigenvalue weighted by Gasteiger charge is 2.20. The lowest BCUT2D eigenvalue weighted by Crippen LogP contribution is -2.16. The summed E-state index contributed by atoms with van der Waals surface area (Å²) in [5.41, 5.74) is 3.67. The Morgan fingerprint density at radius 3 is 2.89 bits per heavy atom. The Kier molecular flexibility index (Phi) is 4.43. The normalized spacial score (nSPS) is 14.6. The molecular formula is C16H23NO. The highest BCUT2D eigenvalue weighted by molar-refractivity contribution is 5.37. The molecule has 0 unspecified atom stereocenters. The molecule has 1 aromatic carbocycles. The Bertz CT molecular complexity index is 421. The minimum atomic E-state index is 0.621. The van der Waals surface area contributed by atoms with Gasteiger partial charge >= 0.3 is 0 Å². The van der Waals surface area contributed by atoms with Gasteiger partial charge in [-0.3, -0.25) is 0 Å². The SMILES string of the molecule is C=C(CC)COc1ccc(C)cc1CNC1CC1. The van der Waals surface area contributed by atoms with E-state index in [0.29, 0.717) is 6.61 Å². The average Bonchev–Trinajstić information content (AvgIpc) is 3.18. The molecule has 2 rings (SSSR count). The van der Waals surface area contributed by atoms with Crippen LogP contribution in [0.5, 0.6) is 5.75 Å². The summed E-state index contributed by atoms with van der Waals surface area (Å²) in [6, 6.07) is 7.11. The predicted molar refractivity (Wildman–Crippen MR) is 76.0 cm³/mol. The van der Waals surface area contributed by atoms with Crippen LogP contribution in [0.2, 0.25) is 0 Å². The van der Waals surface area contributed by atoms with Gasteiger partial charge in [-0.15, -0.1) is 0 Å². The van der Waals surface area contributed by atoms with Crippen molar-refractivity contribution in [2.45, 2.75) is 45.7 Å². The van der Waals surface area contributed by atoms with Crippen LogP contribution < -0.4 is 10.1 Å². The van der Waals surface area contributed by atoms with E-state index in [4.69, 9.17) is 4.74 Å².